The molecule has 0 spiro atoms. The largest absolute Gasteiger partial charge is 0.316 e. The van der Waals surface area contributed by atoms with Gasteiger partial charge in [-0.2, -0.15) is 13.5 Å². The van der Waals surface area contributed by atoms with E-state index in [0.717, 1.165) is 5.56 Å². The van der Waals surface area contributed by atoms with Crippen LogP contribution in [0.3, 0.4) is 0 Å². The summed E-state index contributed by atoms with van der Waals surface area (Å²) in [6, 6.07) is 3.31. The number of rotatable bonds is 5. The number of nitrogens with zero attached hydrogens (tertiary/aromatic N) is 1. The first-order valence-corrected chi connectivity index (χ1v) is 8.66. The Morgan fingerprint density at radius 1 is 1.43 bits per heavy atom. The molecule has 0 bridgehead atoms. The lowest BCUT2D eigenvalue weighted by Gasteiger charge is -2.11. The SMILES string of the molecule is CNCc1cn[nH]c1S(=O)(=O)Nc1cc(Cl)c(C)cc1Br. The Balaban J connectivity index is 2.38. The van der Waals surface area contributed by atoms with Gasteiger partial charge in [0.2, 0.25) is 0 Å². The molecule has 6 nitrogen and oxygen atoms in total. The van der Waals surface area contributed by atoms with Crippen LogP contribution in [0.25, 0.3) is 0 Å². The zero-order chi connectivity index (χ0) is 15.6. The summed E-state index contributed by atoms with van der Waals surface area (Å²) in [6.07, 6.45) is 1.47. The number of H-pyrrole nitrogens is 1. The van der Waals surface area contributed by atoms with Gasteiger partial charge in [-0.05, 0) is 47.6 Å². The normalized spacial score (nSPS) is 11.6. The number of nitrogens with one attached hydrogen (secondary N) is 3. The van der Waals surface area contributed by atoms with E-state index in [0.29, 0.717) is 27.3 Å². The van der Waals surface area contributed by atoms with Crippen molar-refractivity contribution in [2.24, 2.45) is 0 Å². The number of benzene rings is 1. The van der Waals surface area contributed by atoms with Crippen molar-refractivity contribution in [3.63, 3.8) is 0 Å². The molecule has 114 valence electrons. The molecule has 0 atom stereocenters. The highest BCUT2D eigenvalue weighted by molar-refractivity contribution is 9.10. The van der Waals surface area contributed by atoms with E-state index in [1.165, 1.54) is 6.20 Å². The van der Waals surface area contributed by atoms with Crippen LogP contribution in [0.1, 0.15) is 11.1 Å². The van der Waals surface area contributed by atoms with Crippen molar-refractivity contribution in [2.45, 2.75) is 18.5 Å². The number of hydrogen-bond donors (Lipinski definition) is 3. The Kier molecular flexibility index (Phi) is 4.92. The van der Waals surface area contributed by atoms with Crippen LogP contribution in [-0.4, -0.2) is 25.7 Å². The first-order chi connectivity index (χ1) is 9.85. The molecule has 0 aliphatic heterocycles. The van der Waals surface area contributed by atoms with E-state index < -0.39 is 10.0 Å². The van der Waals surface area contributed by atoms with Gasteiger partial charge in [0, 0.05) is 21.6 Å². The van der Waals surface area contributed by atoms with Gasteiger partial charge >= 0.3 is 0 Å². The van der Waals surface area contributed by atoms with Gasteiger partial charge in [0.05, 0.1) is 11.9 Å². The number of hydrogen-bond acceptors (Lipinski definition) is 4. The second-order valence-corrected chi connectivity index (χ2v) is 7.32. The molecule has 0 aliphatic rings. The van der Waals surface area contributed by atoms with Crippen LogP contribution in [0, 0.1) is 6.92 Å². The molecular weight excluding hydrogens is 380 g/mol. The average molecular weight is 394 g/mol. The molecule has 0 amide bonds. The fourth-order valence-corrected chi connectivity index (χ4v) is 3.82. The summed E-state index contributed by atoms with van der Waals surface area (Å²) in [7, 11) is -2.04. The van der Waals surface area contributed by atoms with Gasteiger partial charge in [0.15, 0.2) is 5.03 Å². The predicted molar refractivity (Wildman–Crippen MR) is 86.0 cm³/mol. The molecule has 2 rings (SSSR count). The number of sulfonamides is 1. The molecule has 0 saturated heterocycles. The molecular formula is C12H14BrClN4O2S. The average Bonchev–Trinajstić information content (AvgIpc) is 2.85. The van der Waals surface area contributed by atoms with Crippen molar-refractivity contribution in [2.75, 3.05) is 11.8 Å². The molecule has 9 heteroatoms. The number of halogens is 2. The summed E-state index contributed by atoms with van der Waals surface area (Å²) in [6.45, 7) is 2.23. The molecule has 1 aromatic heterocycles. The summed E-state index contributed by atoms with van der Waals surface area (Å²) in [5, 5.41) is 9.69. The molecule has 0 saturated carbocycles. The highest BCUT2D eigenvalue weighted by atomic mass is 79.9. The van der Waals surface area contributed by atoms with Crippen molar-refractivity contribution >= 4 is 43.2 Å². The standard InChI is InChI=1S/C12H14BrClN4O2S/c1-7-3-9(13)11(4-10(7)14)18-21(19,20)12-8(5-15-2)6-16-17-12/h3-4,6,15,18H,5H2,1-2H3,(H,16,17). The van der Waals surface area contributed by atoms with E-state index in [1.807, 2.05) is 6.92 Å². The Labute approximate surface area is 136 Å². The highest BCUT2D eigenvalue weighted by Crippen LogP contribution is 2.30. The minimum atomic E-state index is -3.77. The van der Waals surface area contributed by atoms with E-state index in [2.05, 4.69) is 36.2 Å². The number of anilines is 1. The lowest BCUT2D eigenvalue weighted by atomic mass is 10.2. The highest BCUT2D eigenvalue weighted by Gasteiger charge is 2.22. The van der Waals surface area contributed by atoms with E-state index in [-0.39, 0.29) is 5.03 Å². The lowest BCUT2D eigenvalue weighted by molar-refractivity contribution is 0.595. The molecule has 0 unspecified atom stereocenters. The maximum Gasteiger partial charge on any atom is 0.279 e. The Bertz CT molecular complexity index is 761. The molecule has 0 fully saturated rings. The summed E-state index contributed by atoms with van der Waals surface area (Å²) in [4.78, 5) is 0. The van der Waals surface area contributed by atoms with Crippen LogP contribution >= 0.6 is 27.5 Å². The zero-order valence-electron chi connectivity index (χ0n) is 11.4. The minimum Gasteiger partial charge on any atom is -0.316 e. The van der Waals surface area contributed by atoms with Crippen LogP contribution in [0.5, 0.6) is 0 Å². The van der Waals surface area contributed by atoms with Crippen LogP contribution < -0.4 is 10.0 Å². The third kappa shape index (κ3) is 3.57. The Morgan fingerprint density at radius 2 is 2.14 bits per heavy atom. The van der Waals surface area contributed by atoms with Gasteiger partial charge in [-0.1, -0.05) is 11.6 Å². The Hall–Kier alpha value is -1.09. The van der Waals surface area contributed by atoms with E-state index in [9.17, 15) is 8.42 Å². The first-order valence-electron chi connectivity index (χ1n) is 6.00. The van der Waals surface area contributed by atoms with Crippen molar-refractivity contribution in [1.82, 2.24) is 15.5 Å². The van der Waals surface area contributed by atoms with Gasteiger partial charge in [-0.15, -0.1) is 0 Å². The number of aromatic amines is 1. The van der Waals surface area contributed by atoms with Crippen LogP contribution in [0.4, 0.5) is 5.69 Å². The third-order valence-electron chi connectivity index (χ3n) is 2.81. The first kappa shape index (κ1) is 16.3. The topological polar surface area (TPSA) is 86.9 Å². The molecule has 1 heterocycles. The minimum absolute atomic E-state index is 0.0282. The van der Waals surface area contributed by atoms with Crippen molar-refractivity contribution in [3.8, 4) is 0 Å². The molecule has 21 heavy (non-hydrogen) atoms. The molecule has 0 radical (unpaired) electrons. The van der Waals surface area contributed by atoms with Crippen LogP contribution in [0.2, 0.25) is 5.02 Å². The maximum absolute atomic E-state index is 12.4. The fourth-order valence-electron chi connectivity index (χ4n) is 1.77. The molecule has 0 aliphatic carbocycles. The number of aryl methyl sites for hydroxylation is 1. The smallest absolute Gasteiger partial charge is 0.279 e. The summed E-state index contributed by atoms with van der Waals surface area (Å²) in [5.74, 6) is 0. The second kappa shape index (κ2) is 6.35. The monoisotopic (exact) mass is 392 g/mol. The van der Waals surface area contributed by atoms with Crippen LogP contribution in [0.15, 0.2) is 27.8 Å². The molecule has 2 aromatic rings. The molecule has 3 N–H and O–H groups in total. The molecule has 1 aromatic carbocycles. The third-order valence-corrected chi connectivity index (χ3v) is 5.25. The van der Waals surface area contributed by atoms with E-state index in [1.54, 1.807) is 19.2 Å². The van der Waals surface area contributed by atoms with E-state index >= 15 is 0 Å². The van der Waals surface area contributed by atoms with Gasteiger partial charge in [-0.25, -0.2) is 0 Å². The quantitative estimate of drug-likeness (QED) is 0.729. The van der Waals surface area contributed by atoms with Crippen molar-refractivity contribution in [3.05, 3.63) is 39.0 Å². The van der Waals surface area contributed by atoms with Crippen molar-refractivity contribution < 1.29 is 8.42 Å². The zero-order valence-corrected chi connectivity index (χ0v) is 14.5. The van der Waals surface area contributed by atoms with Gasteiger partial charge in [0.1, 0.15) is 0 Å². The van der Waals surface area contributed by atoms with Gasteiger partial charge in [-0.3, -0.25) is 9.82 Å². The number of aromatic nitrogens is 2. The maximum atomic E-state index is 12.4. The van der Waals surface area contributed by atoms with Gasteiger partial charge in [0.25, 0.3) is 10.0 Å². The summed E-state index contributed by atoms with van der Waals surface area (Å²) in [5.41, 5.74) is 1.78. The van der Waals surface area contributed by atoms with Crippen LogP contribution in [-0.2, 0) is 16.6 Å². The summed E-state index contributed by atoms with van der Waals surface area (Å²) < 4.78 is 28.0. The summed E-state index contributed by atoms with van der Waals surface area (Å²) >= 11 is 9.36. The Morgan fingerprint density at radius 3 is 2.81 bits per heavy atom. The second-order valence-electron chi connectivity index (χ2n) is 4.44. The van der Waals surface area contributed by atoms with Crippen molar-refractivity contribution in [1.29, 1.82) is 0 Å². The van der Waals surface area contributed by atoms with E-state index in [4.69, 9.17) is 11.6 Å². The predicted octanol–water partition coefficient (Wildman–Crippen LogP) is 2.65. The van der Waals surface area contributed by atoms with Gasteiger partial charge < -0.3 is 5.32 Å². The fraction of sp³-hybridized carbons (Fsp3) is 0.250. The lowest BCUT2D eigenvalue weighted by Crippen LogP contribution is -2.17.